The van der Waals surface area contributed by atoms with Crippen LogP contribution in [0.1, 0.15) is 57.3 Å². The molecule has 2 aliphatic rings. The number of benzene rings is 1. The highest BCUT2D eigenvalue weighted by Gasteiger charge is 2.48. The number of fused-ring (bicyclic) bond motifs is 1. The van der Waals surface area contributed by atoms with Gasteiger partial charge < -0.3 is 14.9 Å². The van der Waals surface area contributed by atoms with Gasteiger partial charge in [-0.15, -0.1) is 0 Å². The predicted molar refractivity (Wildman–Crippen MR) is 101 cm³/mol. The Morgan fingerprint density at radius 1 is 1.23 bits per heavy atom. The van der Waals surface area contributed by atoms with Crippen LogP contribution in [-0.4, -0.2) is 27.9 Å². The van der Waals surface area contributed by atoms with Gasteiger partial charge in [0.1, 0.15) is 11.9 Å². The number of phenolic OH excluding ortho intramolecular Hbond substituents is 1. The molecule has 3 rings (SSSR count). The average molecular weight is 356 g/mol. The van der Waals surface area contributed by atoms with Crippen LogP contribution in [0.4, 0.5) is 0 Å². The molecule has 0 fully saturated rings. The van der Waals surface area contributed by atoms with Gasteiger partial charge in [0.25, 0.3) is 0 Å². The van der Waals surface area contributed by atoms with E-state index in [4.69, 9.17) is 4.74 Å². The molecule has 2 aliphatic carbocycles. The van der Waals surface area contributed by atoms with E-state index in [-0.39, 0.29) is 29.7 Å². The van der Waals surface area contributed by atoms with Gasteiger partial charge in [0.15, 0.2) is 0 Å². The maximum Gasteiger partial charge on any atom is 0.338 e. The van der Waals surface area contributed by atoms with Crippen molar-refractivity contribution in [1.82, 2.24) is 0 Å². The van der Waals surface area contributed by atoms with Gasteiger partial charge in [-0.05, 0) is 62.4 Å². The molecule has 4 heteroatoms. The number of aromatic hydroxyl groups is 1. The molecule has 26 heavy (non-hydrogen) atoms. The molecule has 3 atom stereocenters. The number of carbonyl (C=O) groups excluding carboxylic acids is 1. The lowest BCUT2D eigenvalue weighted by molar-refractivity contribution is -0.00813. The number of allylic oxidation sites excluding steroid dienone is 1. The molecule has 4 nitrogen and oxygen atoms in total. The second-order valence-corrected chi connectivity index (χ2v) is 7.99. The highest BCUT2D eigenvalue weighted by Crippen LogP contribution is 2.49. The van der Waals surface area contributed by atoms with E-state index < -0.39 is 5.60 Å². The summed E-state index contributed by atoms with van der Waals surface area (Å²) in [5.74, 6) is -0.118. The van der Waals surface area contributed by atoms with Crippen LogP contribution in [0.15, 0.2) is 47.1 Å². The van der Waals surface area contributed by atoms with Crippen molar-refractivity contribution in [2.75, 3.05) is 0 Å². The molecule has 0 radical (unpaired) electrons. The number of esters is 1. The molecule has 140 valence electrons. The first-order chi connectivity index (χ1) is 12.2. The minimum Gasteiger partial charge on any atom is -0.508 e. The monoisotopic (exact) mass is 356 g/mol. The highest BCUT2D eigenvalue weighted by atomic mass is 16.5. The Hall–Kier alpha value is -2.07. The number of hydrogen-bond acceptors (Lipinski definition) is 4. The van der Waals surface area contributed by atoms with Crippen LogP contribution in [0.5, 0.6) is 5.75 Å². The number of carbonyl (C=O) groups is 1. The highest BCUT2D eigenvalue weighted by molar-refractivity contribution is 5.89. The molecule has 0 bridgehead atoms. The Labute approximate surface area is 155 Å². The Kier molecular flexibility index (Phi) is 4.98. The van der Waals surface area contributed by atoms with E-state index in [1.54, 1.807) is 12.1 Å². The average Bonchev–Trinajstić information content (AvgIpc) is 2.75. The molecule has 0 saturated heterocycles. The Morgan fingerprint density at radius 3 is 2.50 bits per heavy atom. The first-order valence-electron chi connectivity index (χ1n) is 9.30. The molecule has 2 N–H and O–H groups in total. The van der Waals surface area contributed by atoms with Gasteiger partial charge in [-0.3, -0.25) is 0 Å². The molecule has 1 aromatic carbocycles. The van der Waals surface area contributed by atoms with Gasteiger partial charge in [-0.2, -0.15) is 0 Å². The summed E-state index contributed by atoms with van der Waals surface area (Å²) in [6.45, 7) is 8.15. The van der Waals surface area contributed by atoms with Gasteiger partial charge in [-0.1, -0.05) is 31.1 Å². The number of hydrogen-bond donors (Lipinski definition) is 2. The molecular weight excluding hydrogens is 328 g/mol. The van der Waals surface area contributed by atoms with Crippen molar-refractivity contribution < 1.29 is 19.7 Å². The van der Waals surface area contributed by atoms with E-state index in [1.807, 2.05) is 20.8 Å². The number of rotatable bonds is 3. The fourth-order valence-corrected chi connectivity index (χ4v) is 4.25. The molecule has 0 aromatic heterocycles. The maximum atomic E-state index is 12.6. The molecule has 0 saturated carbocycles. The van der Waals surface area contributed by atoms with Crippen LogP contribution >= 0.6 is 0 Å². The second kappa shape index (κ2) is 6.92. The molecule has 1 aromatic rings. The Balaban J connectivity index is 1.88. The van der Waals surface area contributed by atoms with E-state index in [0.29, 0.717) is 18.4 Å². The molecule has 0 aliphatic heterocycles. The van der Waals surface area contributed by atoms with Gasteiger partial charge in [-0.25, -0.2) is 4.79 Å². The summed E-state index contributed by atoms with van der Waals surface area (Å²) in [6, 6.07) is 6.10. The Bertz CT molecular complexity index is 757. The summed E-state index contributed by atoms with van der Waals surface area (Å²) in [7, 11) is 0. The van der Waals surface area contributed by atoms with E-state index >= 15 is 0 Å². The lowest BCUT2D eigenvalue weighted by Crippen LogP contribution is -2.36. The summed E-state index contributed by atoms with van der Waals surface area (Å²) in [4.78, 5) is 12.6. The van der Waals surface area contributed by atoms with Crippen LogP contribution in [-0.2, 0) is 4.74 Å². The normalized spacial score (nSPS) is 28.6. The SMILES string of the molecule is CC1=CCC2=C(C)[C@@](O)(C(C)C)C[C@@H]2[C@@H](OC(=O)c2ccc(O)cc2)C1. The zero-order chi connectivity index (χ0) is 19.1. The lowest BCUT2D eigenvalue weighted by atomic mass is 9.82. The first-order valence-corrected chi connectivity index (χ1v) is 9.30. The van der Waals surface area contributed by atoms with Crippen molar-refractivity contribution in [3.8, 4) is 5.75 Å². The standard InChI is InChI=1S/C22H28O4/c1-13(2)22(25)12-19-18(15(22)4)10-5-14(3)11-20(19)26-21(24)16-6-8-17(23)9-7-16/h5-9,13,19-20,23,25H,10-12H2,1-4H3/t19-,20-,22-/m0/s1. The van der Waals surface area contributed by atoms with E-state index in [2.05, 4.69) is 13.0 Å². The van der Waals surface area contributed by atoms with Crippen LogP contribution in [0, 0.1) is 11.8 Å². The Morgan fingerprint density at radius 2 is 1.88 bits per heavy atom. The maximum absolute atomic E-state index is 12.6. The minimum absolute atomic E-state index is 0.0390. The van der Waals surface area contributed by atoms with E-state index in [0.717, 1.165) is 12.0 Å². The van der Waals surface area contributed by atoms with Crippen LogP contribution in [0.25, 0.3) is 0 Å². The third-order valence-electron chi connectivity index (χ3n) is 6.07. The van der Waals surface area contributed by atoms with E-state index in [1.165, 1.54) is 23.3 Å². The van der Waals surface area contributed by atoms with Crippen molar-refractivity contribution in [2.24, 2.45) is 11.8 Å². The third kappa shape index (κ3) is 3.30. The van der Waals surface area contributed by atoms with Crippen LogP contribution in [0.3, 0.4) is 0 Å². The van der Waals surface area contributed by atoms with Gasteiger partial charge in [0.2, 0.25) is 0 Å². The van der Waals surface area contributed by atoms with Gasteiger partial charge >= 0.3 is 5.97 Å². The summed E-state index contributed by atoms with van der Waals surface area (Å²) in [5, 5.41) is 20.6. The van der Waals surface area contributed by atoms with Crippen molar-refractivity contribution >= 4 is 5.97 Å². The van der Waals surface area contributed by atoms with Crippen LogP contribution in [0.2, 0.25) is 0 Å². The largest absolute Gasteiger partial charge is 0.508 e. The van der Waals surface area contributed by atoms with Gasteiger partial charge in [0.05, 0.1) is 11.2 Å². The predicted octanol–water partition coefficient (Wildman–Crippen LogP) is 4.38. The summed E-state index contributed by atoms with van der Waals surface area (Å²) < 4.78 is 5.90. The summed E-state index contributed by atoms with van der Waals surface area (Å²) in [6.07, 6.45) is 3.99. The summed E-state index contributed by atoms with van der Waals surface area (Å²) in [5.41, 5.74) is 3.04. The van der Waals surface area contributed by atoms with Crippen molar-refractivity contribution in [3.05, 3.63) is 52.6 Å². The topological polar surface area (TPSA) is 66.8 Å². The molecule has 0 heterocycles. The summed E-state index contributed by atoms with van der Waals surface area (Å²) >= 11 is 0. The second-order valence-electron chi connectivity index (χ2n) is 7.99. The van der Waals surface area contributed by atoms with Crippen molar-refractivity contribution in [3.63, 3.8) is 0 Å². The molecule has 0 spiro atoms. The zero-order valence-corrected chi connectivity index (χ0v) is 16.0. The number of aliphatic hydroxyl groups is 1. The lowest BCUT2D eigenvalue weighted by Gasteiger charge is -2.31. The quantitative estimate of drug-likeness (QED) is 0.623. The fraction of sp³-hybridized carbons (Fsp3) is 0.500. The first kappa shape index (κ1) is 18.7. The number of phenols is 1. The molecule has 0 amide bonds. The van der Waals surface area contributed by atoms with Crippen molar-refractivity contribution in [2.45, 2.75) is 58.7 Å². The minimum atomic E-state index is -0.831. The third-order valence-corrected chi connectivity index (χ3v) is 6.07. The zero-order valence-electron chi connectivity index (χ0n) is 16.0. The van der Waals surface area contributed by atoms with Crippen LogP contribution < -0.4 is 0 Å². The number of ether oxygens (including phenoxy) is 1. The van der Waals surface area contributed by atoms with Crippen molar-refractivity contribution in [1.29, 1.82) is 0 Å². The smallest absolute Gasteiger partial charge is 0.338 e. The molecule has 0 unspecified atom stereocenters. The van der Waals surface area contributed by atoms with E-state index in [9.17, 15) is 15.0 Å². The van der Waals surface area contributed by atoms with Gasteiger partial charge in [0, 0.05) is 12.3 Å². The molecular formula is C22H28O4. The fourth-order valence-electron chi connectivity index (χ4n) is 4.25.